The van der Waals surface area contributed by atoms with Crippen LogP contribution in [0.15, 0.2) is 121 Å². The molecule has 0 saturated heterocycles. The van der Waals surface area contributed by atoms with E-state index in [4.69, 9.17) is 49.8 Å². The smallest absolute Gasteiger partial charge is 0.261 e. The summed E-state index contributed by atoms with van der Waals surface area (Å²) < 4.78 is 27.3. The third-order valence-corrected chi connectivity index (χ3v) is 21.2. The van der Waals surface area contributed by atoms with Crippen LogP contribution in [-0.2, 0) is 23.4 Å². The summed E-state index contributed by atoms with van der Waals surface area (Å²) in [5.41, 5.74) is 0. The number of ether oxygens (including phenoxy) is 4. The lowest BCUT2D eigenvalue weighted by Crippen LogP contribution is -2.66. The molecule has 0 unspecified atom stereocenters. The Hall–Kier alpha value is -2.72. The van der Waals surface area contributed by atoms with Gasteiger partial charge in [-0.15, -0.1) is 0 Å². The largest absolute Gasteiger partial charge is 0.405 e. The maximum absolute atomic E-state index is 8.71. The maximum Gasteiger partial charge on any atom is 0.261 e. The van der Waals surface area contributed by atoms with Gasteiger partial charge >= 0.3 is 0 Å². The fourth-order valence-corrected chi connectivity index (χ4v) is 14.9. The molecule has 4 aromatic rings. The van der Waals surface area contributed by atoms with Gasteiger partial charge in [-0.1, -0.05) is 170 Å². The first-order valence-electron chi connectivity index (χ1n) is 19.1. The van der Waals surface area contributed by atoms with Crippen LogP contribution in [0.4, 0.5) is 0 Å². The van der Waals surface area contributed by atoms with Gasteiger partial charge in [-0.2, -0.15) is 11.1 Å². The fourth-order valence-electron chi connectivity index (χ4n) is 6.22. The van der Waals surface area contributed by atoms with Gasteiger partial charge in [0.15, 0.2) is 0 Å². The Bertz CT molecular complexity index is 1420. The van der Waals surface area contributed by atoms with E-state index in [-0.39, 0.29) is 37.3 Å². The molecule has 4 rings (SSSR count). The molecule has 0 aromatic heterocycles. The lowest BCUT2D eigenvalue weighted by Gasteiger charge is -2.43. The third kappa shape index (κ3) is 16.3. The summed E-state index contributed by atoms with van der Waals surface area (Å²) in [6.07, 6.45) is 0. The van der Waals surface area contributed by atoms with Crippen LogP contribution in [0, 0.1) is 0 Å². The summed E-state index contributed by atoms with van der Waals surface area (Å²) in [7, 11) is -4.71. The number of benzene rings is 4. The standard InChI is InChI=1S/C22H32O4Si.C16H19ClSi.C6H14O4.CH4/c1-22(2,3)27(20-10-6-4-7-11-20,21-12-8-5-9-13-21)26-19-18-25-17-16-24-15-14-23;1-16(2,3)18(17,14-10-6-4-7-11-14)15-12-8-5-9-13-15;7-1-3-9-5-6-10-4-2-8;/h4-13,23H,14-19H2,1-3H3;4-13H,1-3H3;7-8H,1-6H2;1H4. The second kappa shape index (κ2) is 27.8. The van der Waals surface area contributed by atoms with Gasteiger partial charge in [0.2, 0.25) is 7.38 Å². The Morgan fingerprint density at radius 1 is 0.411 bits per heavy atom. The molecule has 312 valence electrons. The van der Waals surface area contributed by atoms with Crippen LogP contribution in [-0.4, -0.2) is 110 Å². The fraction of sp³-hybridized carbons (Fsp3) is 0.467. The molecule has 0 radical (unpaired) electrons. The van der Waals surface area contributed by atoms with E-state index in [1.165, 1.54) is 20.7 Å². The molecule has 8 nitrogen and oxygen atoms in total. The van der Waals surface area contributed by atoms with E-state index in [9.17, 15) is 0 Å². The van der Waals surface area contributed by atoms with Crippen molar-refractivity contribution in [1.82, 2.24) is 0 Å². The molecule has 0 aliphatic rings. The van der Waals surface area contributed by atoms with Crippen LogP contribution in [0.2, 0.25) is 10.1 Å². The maximum atomic E-state index is 8.71. The van der Waals surface area contributed by atoms with Gasteiger partial charge in [0.25, 0.3) is 8.32 Å². The molecule has 0 heterocycles. The highest BCUT2D eigenvalue weighted by atomic mass is 35.6. The minimum absolute atomic E-state index is 0. The molecule has 0 atom stereocenters. The van der Waals surface area contributed by atoms with Crippen molar-refractivity contribution in [2.24, 2.45) is 0 Å². The molecule has 0 amide bonds. The Labute approximate surface area is 344 Å². The number of aliphatic hydroxyl groups is 3. The number of hydrogen-bond acceptors (Lipinski definition) is 8. The van der Waals surface area contributed by atoms with Crippen molar-refractivity contribution in [2.75, 3.05) is 79.3 Å². The number of rotatable bonds is 20. The van der Waals surface area contributed by atoms with E-state index in [1.54, 1.807) is 0 Å². The van der Waals surface area contributed by atoms with Gasteiger partial charge in [0.1, 0.15) is 0 Å². The number of halogens is 1. The van der Waals surface area contributed by atoms with Crippen molar-refractivity contribution in [3.63, 3.8) is 0 Å². The Balaban J connectivity index is 0.000000465. The van der Waals surface area contributed by atoms with Crippen LogP contribution in [0.25, 0.3) is 0 Å². The molecule has 3 N–H and O–H groups in total. The van der Waals surface area contributed by atoms with Crippen LogP contribution >= 0.6 is 11.1 Å². The average molecular weight is 830 g/mol. The van der Waals surface area contributed by atoms with Crippen molar-refractivity contribution >= 4 is 47.5 Å². The monoisotopic (exact) mass is 828 g/mol. The highest BCUT2D eigenvalue weighted by Crippen LogP contribution is 2.38. The molecule has 0 fully saturated rings. The molecular weight excluding hydrogens is 760 g/mol. The van der Waals surface area contributed by atoms with Crippen LogP contribution in [0.1, 0.15) is 49.0 Å². The Kier molecular flexibility index (Phi) is 25.5. The van der Waals surface area contributed by atoms with Gasteiger partial charge in [-0.3, -0.25) is 0 Å². The molecule has 0 spiro atoms. The average Bonchev–Trinajstić information content (AvgIpc) is 3.19. The zero-order valence-corrected chi connectivity index (χ0v) is 36.5. The van der Waals surface area contributed by atoms with Gasteiger partial charge in [-0.25, -0.2) is 0 Å². The number of aliphatic hydroxyl groups excluding tert-OH is 3. The summed E-state index contributed by atoms with van der Waals surface area (Å²) >= 11 is 7.21. The normalized spacial score (nSPS) is 11.8. The van der Waals surface area contributed by atoms with E-state index < -0.39 is 15.7 Å². The summed E-state index contributed by atoms with van der Waals surface area (Å²) in [6.45, 7) is 17.7. The molecule has 4 aromatic carbocycles. The van der Waals surface area contributed by atoms with E-state index in [2.05, 4.69) is 139 Å². The van der Waals surface area contributed by atoms with Crippen molar-refractivity contribution in [1.29, 1.82) is 0 Å². The van der Waals surface area contributed by atoms with Gasteiger partial charge in [0.05, 0.1) is 79.3 Å². The topological polar surface area (TPSA) is 107 Å². The first kappa shape index (κ1) is 51.3. The van der Waals surface area contributed by atoms with E-state index >= 15 is 0 Å². The number of hydrogen-bond donors (Lipinski definition) is 3. The first-order chi connectivity index (χ1) is 26.4. The predicted octanol–water partition coefficient (Wildman–Crippen LogP) is 6.01. The lowest BCUT2D eigenvalue weighted by atomic mass is 10.2. The molecular formula is C45H69ClO8Si2. The van der Waals surface area contributed by atoms with Gasteiger partial charge < -0.3 is 38.7 Å². The molecule has 56 heavy (non-hydrogen) atoms. The Morgan fingerprint density at radius 2 is 0.679 bits per heavy atom. The van der Waals surface area contributed by atoms with Crippen LogP contribution in [0.3, 0.4) is 0 Å². The van der Waals surface area contributed by atoms with Crippen molar-refractivity contribution in [3.05, 3.63) is 121 Å². The highest BCUT2D eigenvalue weighted by molar-refractivity contribution is 7.35. The predicted molar refractivity (Wildman–Crippen MR) is 238 cm³/mol. The van der Waals surface area contributed by atoms with E-state index in [1.807, 2.05) is 24.3 Å². The quantitative estimate of drug-likeness (QED) is 0.0566. The van der Waals surface area contributed by atoms with E-state index in [0.29, 0.717) is 59.5 Å². The molecule has 0 aliphatic heterocycles. The highest BCUT2D eigenvalue weighted by Gasteiger charge is 2.50. The summed E-state index contributed by atoms with van der Waals surface area (Å²) in [5, 5.41) is 30.4. The zero-order chi connectivity index (χ0) is 40.5. The minimum atomic E-state index is -2.47. The van der Waals surface area contributed by atoms with Crippen molar-refractivity contribution in [3.8, 4) is 0 Å². The molecule has 0 saturated carbocycles. The third-order valence-electron chi connectivity index (χ3n) is 8.79. The van der Waals surface area contributed by atoms with Crippen LogP contribution < -0.4 is 20.7 Å². The lowest BCUT2D eigenvalue weighted by molar-refractivity contribution is 0.0222. The second-order valence-electron chi connectivity index (χ2n) is 14.8. The summed E-state index contributed by atoms with van der Waals surface area (Å²) in [6, 6.07) is 42.3. The van der Waals surface area contributed by atoms with E-state index in [0.717, 1.165) is 0 Å². The zero-order valence-electron chi connectivity index (χ0n) is 33.8. The van der Waals surface area contributed by atoms with Crippen LogP contribution in [0.5, 0.6) is 0 Å². The summed E-state index contributed by atoms with van der Waals surface area (Å²) in [5.74, 6) is 0. The van der Waals surface area contributed by atoms with Crippen molar-refractivity contribution in [2.45, 2.75) is 59.0 Å². The second-order valence-corrected chi connectivity index (χ2v) is 24.8. The molecule has 0 bridgehead atoms. The van der Waals surface area contributed by atoms with Gasteiger partial charge in [0, 0.05) is 0 Å². The Morgan fingerprint density at radius 3 is 0.946 bits per heavy atom. The van der Waals surface area contributed by atoms with Gasteiger partial charge in [-0.05, 0) is 30.8 Å². The molecule has 11 heteroatoms. The SMILES string of the molecule is C.CC(C)(C)[Si](Cl)(c1ccccc1)c1ccccc1.CC(C)(C)[Si](OCCOCCOCCO)(c1ccccc1)c1ccccc1.OCCOCCOCCO. The van der Waals surface area contributed by atoms with Crippen molar-refractivity contribution < 1.29 is 38.7 Å². The molecule has 0 aliphatic carbocycles. The summed E-state index contributed by atoms with van der Waals surface area (Å²) in [4.78, 5) is 0. The minimum Gasteiger partial charge on any atom is -0.405 e. The first-order valence-corrected chi connectivity index (χ1v) is 24.0.